The standard InChI is InChI=1S/C15H19NO6S/c17-14(11-6-8-22-10-11)16-13(15(18)19)7-9-23(20,21)12-4-2-1-3-5-12/h1-5,11,13H,6-10H2,(H,16,17)(H,18,19)/t11-,13-/m1/s1. The molecule has 2 N–H and O–H groups in total. The number of carboxylic acids is 1. The van der Waals surface area contributed by atoms with Gasteiger partial charge in [-0.1, -0.05) is 18.2 Å². The number of nitrogens with one attached hydrogen (secondary N) is 1. The van der Waals surface area contributed by atoms with Crippen molar-refractivity contribution < 1.29 is 27.9 Å². The smallest absolute Gasteiger partial charge is 0.326 e. The Labute approximate surface area is 134 Å². The molecule has 23 heavy (non-hydrogen) atoms. The number of aliphatic carboxylic acids is 1. The number of benzene rings is 1. The summed E-state index contributed by atoms with van der Waals surface area (Å²) in [6, 6.07) is 6.58. The third kappa shape index (κ3) is 4.77. The summed E-state index contributed by atoms with van der Waals surface area (Å²) in [4.78, 5) is 23.4. The summed E-state index contributed by atoms with van der Waals surface area (Å²) in [7, 11) is -3.58. The molecule has 2 atom stereocenters. The number of hydrogen-bond acceptors (Lipinski definition) is 5. The maximum atomic E-state index is 12.2. The minimum Gasteiger partial charge on any atom is -0.480 e. The number of ether oxygens (including phenoxy) is 1. The second-order valence-electron chi connectivity index (χ2n) is 5.38. The van der Waals surface area contributed by atoms with Crippen molar-refractivity contribution in [2.75, 3.05) is 19.0 Å². The molecule has 1 aliphatic rings. The molecule has 2 rings (SSSR count). The molecule has 1 amide bonds. The van der Waals surface area contributed by atoms with Crippen LogP contribution in [0.15, 0.2) is 35.2 Å². The fourth-order valence-corrected chi connectivity index (χ4v) is 3.66. The van der Waals surface area contributed by atoms with Crippen LogP contribution in [0, 0.1) is 5.92 Å². The van der Waals surface area contributed by atoms with Crippen LogP contribution in [-0.2, 0) is 24.2 Å². The Morgan fingerprint density at radius 1 is 1.30 bits per heavy atom. The average Bonchev–Trinajstić information content (AvgIpc) is 3.06. The van der Waals surface area contributed by atoms with Crippen molar-refractivity contribution >= 4 is 21.7 Å². The Kier molecular flexibility index (Phi) is 5.73. The molecule has 1 aromatic rings. The van der Waals surface area contributed by atoms with Gasteiger partial charge in [-0.05, 0) is 25.0 Å². The van der Waals surface area contributed by atoms with Gasteiger partial charge in [-0.2, -0.15) is 0 Å². The average molecular weight is 341 g/mol. The van der Waals surface area contributed by atoms with Gasteiger partial charge in [0.25, 0.3) is 0 Å². The second kappa shape index (κ2) is 7.56. The van der Waals surface area contributed by atoms with Crippen molar-refractivity contribution in [3.63, 3.8) is 0 Å². The van der Waals surface area contributed by atoms with Crippen LogP contribution in [0.4, 0.5) is 0 Å². The highest BCUT2D eigenvalue weighted by molar-refractivity contribution is 7.91. The molecular formula is C15H19NO6S. The molecule has 1 fully saturated rings. The van der Waals surface area contributed by atoms with Crippen molar-refractivity contribution in [1.29, 1.82) is 0 Å². The molecule has 126 valence electrons. The second-order valence-corrected chi connectivity index (χ2v) is 7.49. The monoisotopic (exact) mass is 341 g/mol. The van der Waals surface area contributed by atoms with Gasteiger partial charge < -0.3 is 15.2 Å². The van der Waals surface area contributed by atoms with Crippen LogP contribution < -0.4 is 5.32 Å². The van der Waals surface area contributed by atoms with Crippen LogP contribution >= 0.6 is 0 Å². The zero-order valence-corrected chi connectivity index (χ0v) is 13.3. The van der Waals surface area contributed by atoms with Gasteiger partial charge >= 0.3 is 5.97 Å². The molecule has 0 bridgehead atoms. The summed E-state index contributed by atoms with van der Waals surface area (Å²) >= 11 is 0. The topological polar surface area (TPSA) is 110 Å². The molecule has 7 nitrogen and oxygen atoms in total. The van der Waals surface area contributed by atoms with E-state index in [2.05, 4.69) is 5.32 Å². The van der Waals surface area contributed by atoms with Gasteiger partial charge in [-0.15, -0.1) is 0 Å². The quantitative estimate of drug-likeness (QED) is 0.745. The highest BCUT2D eigenvalue weighted by Gasteiger charge is 2.29. The maximum Gasteiger partial charge on any atom is 0.326 e. The van der Waals surface area contributed by atoms with E-state index in [1.54, 1.807) is 18.2 Å². The summed E-state index contributed by atoms with van der Waals surface area (Å²) in [5.41, 5.74) is 0. The lowest BCUT2D eigenvalue weighted by Crippen LogP contribution is -2.44. The Morgan fingerprint density at radius 3 is 2.57 bits per heavy atom. The summed E-state index contributed by atoms with van der Waals surface area (Å²) in [5.74, 6) is -2.38. The molecule has 0 unspecified atom stereocenters. The molecule has 1 saturated heterocycles. The molecular weight excluding hydrogens is 322 g/mol. The zero-order valence-electron chi connectivity index (χ0n) is 12.5. The Balaban J connectivity index is 1.97. The van der Waals surface area contributed by atoms with Crippen LogP contribution in [0.5, 0.6) is 0 Å². The summed E-state index contributed by atoms with van der Waals surface area (Å²) in [6.45, 7) is 0.735. The van der Waals surface area contributed by atoms with E-state index in [0.29, 0.717) is 13.0 Å². The van der Waals surface area contributed by atoms with Crippen LogP contribution in [0.3, 0.4) is 0 Å². The van der Waals surface area contributed by atoms with Gasteiger partial charge in [0, 0.05) is 6.61 Å². The van der Waals surface area contributed by atoms with Crippen molar-refractivity contribution in [2.24, 2.45) is 5.92 Å². The molecule has 8 heteroatoms. The Hall–Kier alpha value is -1.93. The van der Waals surface area contributed by atoms with E-state index >= 15 is 0 Å². The third-order valence-corrected chi connectivity index (χ3v) is 5.46. The number of carbonyl (C=O) groups excluding carboxylic acids is 1. The first kappa shape index (κ1) is 17.4. The molecule has 0 radical (unpaired) electrons. The minimum absolute atomic E-state index is 0.139. The number of carbonyl (C=O) groups is 2. The molecule has 0 aliphatic carbocycles. The van der Waals surface area contributed by atoms with E-state index in [1.807, 2.05) is 0 Å². The zero-order chi connectivity index (χ0) is 16.9. The van der Waals surface area contributed by atoms with Gasteiger partial charge in [0.2, 0.25) is 5.91 Å². The van der Waals surface area contributed by atoms with Crippen molar-refractivity contribution in [2.45, 2.75) is 23.8 Å². The molecule has 1 aromatic carbocycles. The predicted octanol–water partition coefficient (Wildman–Crippen LogP) is 0.456. The van der Waals surface area contributed by atoms with E-state index in [9.17, 15) is 23.1 Å². The minimum atomic E-state index is -3.58. The fourth-order valence-electron chi connectivity index (χ4n) is 2.31. The van der Waals surface area contributed by atoms with Crippen LogP contribution in [0.1, 0.15) is 12.8 Å². The Morgan fingerprint density at radius 2 is 2.00 bits per heavy atom. The number of amides is 1. The van der Waals surface area contributed by atoms with E-state index in [4.69, 9.17) is 4.74 Å². The Bertz CT molecular complexity index is 652. The largest absolute Gasteiger partial charge is 0.480 e. The summed E-state index contributed by atoms with van der Waals surface area (Å²) in [6.07, 6.45) is 0.354. The van der Waals surface area contributed by atoms with Crippen LogP contribution in [-0.4, -0.2) is 50.4 Å². The van der Waals surface area contributed by atoms with Crippen LogP contribution in [0.25, 0.3) is 0 Å². The first-order valence-electron chi connectivity index (χ1n) is 7.29. The molecule has 0 saturated carbocycles. The van der Waals surface area contributed by atoms with Crippen molar-refractivity contribution in [3.8, 4) is 0 Å². The molecule has 0 aromatic heterocycles. The number of rotatable bonds is 7. The first-order chi connectivity index (χ1) is 10.9. The van der Waals surface area contributed by atoms with E-state index in [-0.39, 0.29) is 29.6 Å². The van der Waals surface area contributed by atoms with E-state index in [1.165, 1.54) is 12.1 Å². The number of sulfone groups is 1. The SMILES string of the molecule is O=C(N[C@H](CCS(=O)(=O)c1ccccc1)C(=O)O)[C@@H]1CCOC1. The fraction of sp³-hybridized carbons (Fsp3) is 0.467. The molecule has 1 aliphatic heterocycles. The molecule has 0 spiro atoms. The van der Waals surface area contributed by atoms with Gasteiger partial charge in [0.1, 0.15) is 6.04 Å². The van der Waals surface area contributed by atoms with Gasteiger partial charge in [0.15, 0.2) is 9.84 Å². The lowest BCUT2D eigenvalue weighted by molar-refractivity contribution is -0.142. The maximum absolute atomic E-state index is 12.2. The lowest BCUT2D eigenvalue weighted by Gasteiger charge is -2.16. The molecule has 1 heterocycles. The highest BCUT2D eigenvalue weighted by atomic mass is 32.2. The van der Waals surface area contributed by atoms with Gasteiger partial charge in [0.05, 0.1) is 23.2 Å². The number of carboxylic acid groups (broad SMARTS) is 1. The normalized spacial score (nSPS) is 19.2. The predicted molar refractivity (Wildman–Crippen MR) is 81.6 cm³/mol. The highest BCUT2D eigenvalue weighted by Crippen LogP contribution is 2.14. The van der Waals surface area contributed by atoms with Crippen LogP contribution in [0.2, 0.25) is 0 Å². The van der Waals surface area contributed by atoms with Gasteiger partial charge in [-0.3, -0.25) is 4.79 Å². The van der Waals surface area contributed by atoms with Crippen molar-refractivity contribution in [1.82, 2.24) is 5.32 Å². The first-order valence-corrected chi connectivity index (χ1v) is 8.94. The van der Waals surface area contributed by atoms with Gasteiger partial charge in [-0.25, -0.2) is 13.2 Å². The summed E-state index contributed by atoms with van der Waals surface area (Å²) < 4.78 is 29.4. The van der Waals surface area contributed by atoms with E-state index in [0.717, 1.165) is 0 Å². The van der Waals surface area contributed by atoms with E-state index < -0.39 is 27.8 Å². The lowest BCUT2D eigenvalue weighted by atomic mass is 10.1. The van der Waals surface area contributed by atoms with Crippen molar-refractivity contribution in [3.05, 3.63) is 30.3 Å². The summed E-state index contributed by atoms with van der Waals surface area (Å²) in [5, 5.41) is 11.6. The third-order valence-electron chi connectivity index (χ3n) is 3.69. The number of hydrogen-bond donors (Lipinski definition) is 2.